The highest BCUT2D eigenvalue weighted by atomic mass is 79.9. The highest BCUT2D eigenvalue weighted by molar-refractivity contribution is 9.09. The van der Waals surface area contributed by atoms with Crippen LogP contribution in [0.4, 0.5) is 11.4 Å². The minimum atomic E-state index is -0.127. The summed E-state index contributed by atoms with van der Waals surface area (Å²) in [7, 11) is 0. The zero-order chi connectivity index (χ0) is 33.9. The first kappa shape index (κ1) is 34.0. The lowest BCUT2D eigenvalue weighted by Gasteiger charge is -2.19. The summed E-state index contributed by atoms with van der Waals surface area (Å²) in [5.41, 5.74) is 6.83. The van der Waals surface area contributed by atoms with Gasteiger partial charge in [0.05, 0.1) is 23.8 Å². The van der Waals surface area contributed by atoms with E-state index >= 15 is 0 Å². The second kappa shape index (κ2) is 15.9. The van der Waals surface area contributed by atoms with E-state index in [4.69, 9.17) is 10.5 Å². The van der Waals surface area contributed by atoms with Gasteiger partial charge in [-0.15, -0.1) is 0 Å². The lowest BCUT2D eigenvalue weighted by molar-refractivity contribution is -0.116. The largest absolute Gasteiger partial charge is 0.326 e. The number of carbonyl (C=O) groups excluding carboxylic acids is 2. The number of halogens is 1. The smallest absolute Gasteiger partial charge is 0.223 e. The number of fused-ring (bicyclic) bond motifs is 2. The first-order chi connectivity index (χ1) is 22.8. The quantitative estimate of drug-likeness (QED) is 0.207. The fourth-order valence-electron chi connectivity index (χ4n) is 4.76. The van der Waals surface area contributed by atoms with Gasteiger partial charge in [-0.05, 0) is 43.3 Å². The Morgan fingerprint density at radius 3 is 1.81 bits per heavy atom. The van der Waals surface area contributed by atoms with Gasteiger partial charge in [-0.1, -0.05) is 47.1 Å². The topological polar surface area (TPSA) is 157 Å². The third kappa shape index (κ3) is 7.84. The van der Waals surface area contributed by atoms with E-state index in [9.17, 15) is 9.59 Å². The van der Waals surface area contributed by atoms with Gasteiger partial charge in [-0.3, -0.25) is 9.59 Å². The number of hydrogen-bond acceptors (Lipinski definition) is 8. The lowest BCUT2D eigenvalue weighted by atomic mass is 10.1. The number of hydrogen-bond donors (Lipinski definition) is 1. The van der Waals surface area contributed by atoms with Crippen molar-refractivity contribution in [3.8, 4) is 34.7 Å². The van der Waals surface area contributed by atoms with Crippen molar-refractivity contribution in [3.05, 3.63) is 96.6 Å². The molecule has 4 aromatic heterocycles. The third-order valence-corrected chi connectivity index (χ3v) is 6.67. The normalized spacial score (nSPS) is 10.1. The van der Waals surface area contributed by atoms with Crippen LogP contribution in [0.25, 0.3) is 33.8 Å². The molecular formula is C34H31BrN10O2. The molecule has 47 heavy (non-hydrogen) atoms. The number of nitrogens with zero attached hydrogens (tertiary/aromatic N) is 9. The standard InChI is InChI=1S/C17H15N5O.C15H11N5O.C2H5Br/c1-3-21(12(2)23)15-6-4-5-13(9-15)16-7-8-19-17-14(10-18)11-20-22(16)17;1-10(21)19-13-4-2-3-11(7-13)14-5-6-17-15-12(8-16)9-18-20(14)15;1-2-3/h4-9,11H,3H2,1-2H3;2-7,9H,1H3,(H,19,21);2H2,1H3. The van der Waals surface area contributed by atoms with Crippen LogP contribution in [0.2, 0.25) is 0 Å². The molecule has 0 spiro atoms. The van der Waals surface area contributed by atoms with Gasteiger partial charge in [0, 0.05) is 60.6 Å². The molecule has 0 saturated heterocycles. The van der Waals surface area contributed by atoms with E-state index in [1.165, 1.54) is 19.3 Å². The van der Waals surface area contributed by atoms with Crippen LogP contribution in [0.15, 0.2) is 85.5 Å². The monoisotopic (exact) mass is 690 g/mol. The Balaban J connectivity index is 0.000000197. The second-order valence-electron chi connectivity index (χ2n) is 9.81. The molecule has 0 aliphatic rings. The molecule has 13 heteroatoms. The summed E-state index contributed by atoms with van der Waals surface area (Å²) in [5.74, 6) is -0.131. The molecule has 0 aliphatic heterocycles. The fourth-order valence-corrected chi connectivity index (χ4v) is 4.76. The summed E-state index contributed by atoms with van der Waals surface area (Å²) < 4.78 is 3.26. The molecule has 0 unspecified atom stereocenters. The first-order valence-electron chi connectivity index (χ1n) is 14.5. The summed E-state index contributed by atoms with van der Waals surface area (Å²) in [6.07, 6.45) is 6.29. The Morgan fingerprint density at radius 1 is 0.830 bits per heavy atom. The lowest BCUT2D eigenvalue weighted by Crippen LogP contribution is -2.27. The van der Waals surface area contributed by atoms with Crippen LogP contribution in [0.5, 0.6) is 0 Å². The van der Waals surface area contributed by atoms with Gasteiger partial charge in [0.1, 0.15) is 23.3 Å². The van der Waals surface area contributed by atoms with Crippen molar-refractivity contribution >= 4 is 50.4 Å². The Bertz CT molecular complexity index is 2120. The molecule has 0 bridgehead atoms. The fraction of sp³-hybridized carbons (Fsp3) is 0.176. The van der Waals surface area contributed by atoms with Gasteiger partial charge < -0.3 is 10.2 Å². The second-order valence-corrected chi connectivity index (χ2v) is 10.9. The van der Waals surface area contributed by atoms with Crippen LogP contribution in [0.1, 0.15) is 38.8 Å². The molecule has 1 N–H and O–H groups in total. The van der Waals surface area contributed by atoms with E-state index in [2.05, 4.69) is 53.6 Å². The predicted molar refractivity (Wildman–Crippen MR) is 184 cm³/mol. The van der Waals surface area contributed by atoms with Crippen LogP contribution in [0.3, 0.4) is 0 Å². The molecular weight excluding hydrogens is 660 g/mol. The molecule has 0 aliphatic carbocycles. The van der Waals surface area contributed by atoms with Gasteiger partial charge >= 0.3 is 0 Å². The van der Waals surface area contributed by atoms with Gasteiger partial charge in [0.15, 0.2) is 11.3 Å². The number of carbonyl (C=O) groups is 2. The number of nitriles is 2. The summed E-state index contributed by atoms with van der Waals surface area (Å²) in [6.45, 7) is 7.59. The van der Waals surface area contributed by atoms with Crippen LogP contribution < -0.4 is 10.2 Å². The van der Waals surface area contributed by atoms with Crippen molar-refractivity contribution in [2.45, 2.75) is 27.7 Å². The van der Waals surface area contributed by atoms with E-state index in [0.717, 1.165) is 33.5 Å². The molecule has 2 aromatic carbocycles. The van der Waals surface area contributed by atoms with Gasteiger partial charge in [-0.2, -0.15) is 20.7 Å². The molecule has 2 amide bonds. The van der Waals surface area contributed by atoms with E-state index in [1.54, 1.807) is 33.2 Å². The van der Waals surface area contributed by atoms with Gasteiger partial charge in [0.2, 0.25) is 11.8 Å². The maximum atomic E-state index is 11.7. The van der Waals surface area contributed by atoms with Crippen LogP contribution >= 0.6 is 15.9 Å². The summed E-state index contributed by atoms with van der Waals surface area (Å²) in [5, 5.41) is 30.4. The van der Waals surface area contributed by atoms with Crippen molar-refractivity contribution in [2.75, 3.05) is 22.1 Å². The highest BCUT2D eigenvalue weighted by Gasteiger charge is 2.14. The number of rotatable bonds is 5. The minimum absolute atomic E-state index is 0.00428. The zero-order valence-corrected chi connectivity index (χ0v) is 27.8. The van der Waals surface area contributed by atoms with E-state index < -0.39 is 0 Å². The molecule has 0 fully saturated rings. The first-order valence-corrected chi connectivity index (χ1v) is 15.7. The van der Waals surface area contributed by atoms with Crippen LogP contribution in [-0.2, 0) is 9.59 Å². The van der Waals surface area contributed by atoms with E-state index in [-0.39, 0.29) is 11.8 Å². The number of aromatic nitrogens is 6. The maximum Gasteiger partial charge on any atom is 0.223 e. The van der Waals surface area contributed by atoms with Crippen molar-refractivity contribution in [1.82, 2.24) is 29.2 Å². The van der Waals surface area contributed by atoms with Crippen molar-refractivity contribution in [1.29, 1.82) is 10.5 Å². The summed E-state index contributed by atoms with van der Waals surface area (Å²) in [4.78, 5) is 33.0. The molecule has 6 aromatic rings. The summed E-state index contributed by atoms with van der Waals surface area (Å²) >= 11 is 3.15. The molecule has 12 nitrogen and oxygen atoms in total. The zero-order valence-electron chi connectivity index (χ0n) is 26.2. The van der Waals surface area contributed by atoms with Crippen LogP contribution in [0, 0.1) is 22.7 Å². The number of amides is 2. The highest BCUT2D eigenvalue weighted by Crippen LogP contribution is 2.26. The molecule has 0 saturated carbocycles. The molecule has 4 heterocycles. The Labute approximate surface area is 280 Å². The number of benzene rings is 2. The number of nitrogens with one attached hydrogen (secondary N) is 1. The maximum absolute atomic E-state index is 11.7. The van der Waals surface area contributed by atoms with Crippen LogP contribution in [-0.4, -0.2) is 52.9 Å². The van der Waals surface area contributed by atoms with E-state index in [1.807, 2.05) is 74.5 Å². The Kier molecular flexibility index (Phi) is 11.5. The van der Waals surface area contributed by atoms with Crippen molar-refractivity contribution in [3.63, 3.8) is 0 Å². The molecule has 0 radical (unpaired) electrons. The molecule has 236 valence electrons. The SMILES string of the molecule is CC(=O)Nc1cccc(-c2ccnc3c(C#N)cnn23)c1.CCBr.CCN(C(C)=O)c1cccc(-c2ccnc3c(C#N)cnn23)c1. The van der Waals surface area contributed by atoms with Crippen molar-refractivity contribution < 1.29 is 9.59 Å². The average Bonchev–Trinajstić information content (AvgIpc) is 3.69. The third-order valence-electron chi connectivity index (χ3n) is 6.67. The minimum Gasteiger partial charge on any atom is -0.326 e. The van der Waals surface area contributed by atoms with E-state index in [0.29, 0.717) is 34.7 Å². The van der Waals surface area contributed by atoms with Crippen molar-refractivity contribution in [2.24, 2.45) is 0 Å². The predicted octanol–water partition coefficient (Wildman–Crippen LogP) is 6.27. The molecule has 6 rings (SSSR count). The Hall–Kier alpha value is -5.92. The number of alkyl halides is 1. The summed E-state index contributed by atoms with van der Waals surface area (Å²) in [6, 6.07) is 22.9. The van der Waals surface area contributed by atoms with Gasteiger partial charge in [0.25, 0.3) is 0 Å². The Morgan fingerprint density at radius 2 is 1.34 bits per heavy atom. The van der Waals surface area contributed by atoms with Gasteiger partial charge in [-0.25, -0.2) is 19.0 Å². The molecule has 0 atom stereocenters. The average molecular weight is 692 g/mol. The number of anilines is 2.